The molecule has 0 unspecified atom stereocenters. The number of halogens is 1. The maximum Gasteiger partial charge on any atom is 0.266 e. The fourth-order valence-corrected chi connectivity index (χ4v) is 5.17. The number of hydrogen-bond acceptors (Lipinski definition) is 5. The van der Waals surface area contributed by atoms with Crippen LogP contribution >= 0.6 is 35.6 Å². The van der Waals surface area contributed by atoms with E-state index >= 15 is 0 Å². The third-order valence-corrected chi connectivity index (χ3v) is 7.25. The second-order valence-corrected chi connectivity index (χ2v) is 10.1. The zero-order valence-electron chi connectivity index (χ0n) is 19.2. The van der Waals surface area contributed by atoms with Crippen LogP contribution in [0.2, 0.25) is 5.02 Å². The molecule has 178 valence electrons. The minimum absolute atomic E-state index is 0.153. The van der Waals surface area contributed by atoms with Crippen LogP contribution in [0.25, 0.3) is 6.08 Å². The second-order valence-electron chi connectivity index (χ2n) is 7.98. The lowest BCUT2D eigenvalue weighted by Crippen LogP contribution is -2.30. The van der Waals surface area contributed by atoms with Gasteiger partial charge in [0.15, 0.2) is 6.61 Å². The molecular weight excluding hydrogens is 500 g/mol. The molecule has 0 radical (unpaired) electrons. The number of carbonyl (C=O) groups excluding carboxylic acids is 2. The number of ether oxygens (including phenoxy) is 1. The molecule has 4 rings (SSSR count). The van der Waals surface area contributed by atoms with Gasteiger partial charge in [0.05, 0.1) is 10.9 Å². The molecule has 0 spiro atoms. The van der Waals surface area contributed by atoms with E-state index in [1.807, 2.05) is 68.4 Å². The van der Waals surface area contributed by atoms with Crippen LogP contribution in [0, 0.1) is 6.92 Å². The molecule has 35 heavy (non-hydrogen) atoms. The molecule has 3 aromatic carbocycles. The van der Waals surface area contributed by atoms with Gasteiger partial charge < -0.3 is 10.1 Å². The maximum atomic E-state index is 13.2. The monoisotopic (exact) mass is 522 g/mol. The molecule has 5 nitrogen and oxygen atoms in total. The van der Waals surface area contributed by atoms with Gasteiger partial charge in [0.25, 0.3) is 11.8 Å². The number of hydrogen-bond donors (Lipinski definition) is 1. The number of thiocarbonyl (C=S) groups is 1. The molecule has 1 N–H and O–H groups in total. The van der Waals surface area contributed by atoms with Crippen molar-refractivity contribution in [2.45, 2.75) is 19.9 Å². The van der Waals surface area contributed by atoms with Gasteiger partial charge in [-0.3, -0.25) is 14.5 Å². The first kappa shape index (κ1) is 25.0. The van der Waals surface area contributed by atoms with Crippen LogP contribution < -0.4 is 10.1 Å². The number of benzene rings is 3. The summed E-state index contributed by atoms with van der Waals surface area (Å²) < 4.78 is 6.29. The standard InChI is InChI=1S/C27H23ClN2O3S2/c1-17-12-13-21(15-22(17)28)29-25(31)16-33-23-11-7-6-10-20(23)14-24-26(32)30(27(34)35-24)18(2)19-8-4-3-5-9-19/h3-15,18H,16H2,1-2H3,(H,29,31)/b24-14-/t18-/m1/s1. The van der Waals surface area contributed by atoms with Crippen LogP contribution in [0.3, 0.4) is 0 Å². The third kappa shape index (κ3) is 5.93. The van der Waals surface area contributed by atoms with Crippen LogP contribution in [0.15, 0.2) is 77.7 Å². The van der Waals surface area contributed by atoms with Gasteiger partial charge in [-0.2, -0.15) is 0 Å². The minimum atomic E-state index is -0.317. The number of rotatable bonds is 7. The Labute approximate surface area is 219 Å². The van der Waals surface area contributed by atoms with Crippen molar-refractivity contribution in [3.8, 4) is 5.75 Å². The van der Waals surface area contributed by atoms with Crippen LogP contribution in [-0.2, 0) is 9.59 Å². The minimum Gasteiger partial charge on any atom is -0.483 e. The lowest BCUT2D eigenvalue weighted by Gasteiger charge is -2.23. The number of carbonyl (C=O) groups is 2. The summed E-state index contributed by atoms with van der Waals surface area (Å²) in [5, 5.41) is 3.35. The van der Waals surface area contributed by atoms with Crippen LogP contribution in [0.1, 0.15) is 29.7 Å². The molecule has 1 aliphatic rings. The lowest BCUT2D eigenvalue weighted by atomic mass is 10.1. The predicted molar refractivity (Wildman–Crippen MR) is 147 cm³/mol. The van der Waals surface area contributed by atoms with E-state index in [0.29, 0.717) is 31.2 Å². The van der Waals surface area contributed by atoms with Crippen LogP contribution in [-0.4, -0.2) is 27.6 Å². The SMILES string of the molecule is Cc1ccc(NC(=O)COc2ccccc2/C=C2\SC(=S)N([C@H](C)c3ccccc3)C2=O)cc1Cl. The number of nitrogens with one attached hydrogen (secondary N) is 1. The van der Waals surface area contributed by atoms with Gasteiger partial charge in [-0.15, -0.1) is 0 Å². The lowest BCUT2D eigenvalue weighted by molar-refractivity contribution is -0.123. The molecule has 0 bridgehead atoms. The molecule has 1 atom stereocenters. The number of para-hydroxylation sites is 1. The average Bonchev–Trinajstić information content (AvgIpc) is 3.13. The fourth-order valence-electron chi connectivity index (χ4n) is 3.58. The van der Waals surface area contributed by atoms with E-state index in [4.69, 9.17) is 28.6 Å². The second kappa shape index (κ2) is 11.1. The van der Waals surface area contributed by atoms with Crippen LogP contribution in [0.4, 0.5) is 5.69 Å². The summed E-state index contributed by atoms with van der Waals surface area (Å²) in [6.45, 7) is 3.66. The first-order valence-electron chi connectivity index (χ1n) is 10.9. The Morgan fingerprint density at radius 3 is 2.60 bits per heavy atom. The molecule has 3 aromatic rings. The molecule has 1 saturated heterocycles. The molecular formula is C27H23ClN2O3S2. The molecule has 1 aliphatic heterocycles. The van der Waals surface area contributed by atoms with Crippen molar-refractivity contribution in [3.05, 3.63) is 99.4 Å². The quantitative estimate of drug-likeness (QED) is 0.279. The first-order valence-corrected chi connectivity index (χ1v) is 12.5. The van der Waals surface area contributed by atoms with E-state index in [1.165, 1.54) is 11.8 Å². The van der Waals surface area contributed by atoms with Gasteiger partial charge in [-0.25, -0.2) is 0 Å². The van der Waals surface area contributed by atoms with Gasteiger partial charge >= 0.3 is 0 Å². The summed E-state index contributed by atoms with van der Waals surface area (Å²) in [7, 11) is 0. The first-order chi connectivity index (χ1) is 16.8. The van der Waals surface area contributed by atoms with Gasteiger partial charge in [0, 0.05) is 16.3 Å². The van der Waals surface area contributed by atoms with Crippen molar-refractivity contribution < 1.29 is 14.3 Å². The van der Waals surface area contributed by atoms with E-state index < -0.39 is 0 Å². The number of aryl methyl sites for hydroxylation is 1. The smallest absolute Gasteiger partial charge is 0.266 e. The van der Waals surface area contributed by atoms with Gasteiger partial charge in [-0.05, 0) is 49.2 Å². The Hall–Kier alpha value is -3.13. The summed E-state index contributed by atoms with van der Waals surface area (Å²) in [4.78, 5) is 27.7. The molecule has 0 saturated carbocycles. The normalized spacial score (nSPS) is 15.4. The summed E-state index contributed by atoms with van der Waals surface area (Å²) in [5.74, 6) is 0.0221. The zero-order chi connectivity index (χ0) is 24.9. The molecule has 1 fully saturated rings. The van der Waals surface area contributed by atoms with Crippen LogP contribution in [0.5, 0.6) is 5.75 Å². The summed E-state index contributed by atoms with van der Waals surface area (Å²) in [6.07, 6.45) is 1.75. The van der Waals surface area contributed by atoms with Gasteiger partial charge in [0.2, 0.25) is 0 Å². The number of nitrogens with zero attached hydrogens (tertiary/aromatic N) is 1. The van der Waals surface area contributed by atoms with Crippen molar-refractivity contribution in [1.82, 2.24) is 4.90 Å². The van der Waals surface area contributed by atoms with E-state index in [2.05, 4.69) is 5.32 Å². The predicted octanol–water partition coefficient (Wildman–Crippen LogP) is 6.63. The summed E-state index contributed by atoms with van der Waals surface area (Å²) in [6, 6.07) is 22.2. The zero-order valence-corrected chi connectivity index (χ0v) is 21.5. The highest BCUT2D eigenvalue weighted by Crippen LogP contribution is 2.38. The van der Waals surface area contributed by atoms with Crippen molar-refractivity contribution in [3.63, 3.8) is 0 Å². The van der Waals surface area contributed by atoms with E-state index in [-0.39, 0.29) is 24.5 Å². The molecule has 8 heteroatoms. The molecule has 0 aromatic heterocycles. The van der Waals surface area contributed by atoms with E-state index in [0.717, 1.165) is 11.1 Å². The fraction of sp³-hybridized carbons (Fsp3) is 0.148. The molecule has 1 heterocycles. The maximum absolute atomic E-state index is 13.2. The highest BCUT2D eigenvalue weighted by atomic mass is 35.5. The van der Waals surface area contributed by atoms with Crippen molar-refractivity contribution in [2.24, 2.45) is 0 Å². The van der Waals surface area contributed by atoms with Crippen molar-refractivity contribution in [1.29, 1.82) is 0 Å². The summed E-state index contributed by atoms with van der Waals surface area (Å²) >= 11 is 12.9. The summed E-state index contributed by atoms with van der Waals surface area (Å²) in [5.41, 5.74) is 3.22. The Bertz CT molecular complexity index is 1310. The van der Waals surface area contributed by atoms with Crippen molar-refractivity contribution >= 4 is 63.5 Å². The van der Waals surface area contributed by atoms with Gasteiger partial charge in [0.1, 0.15) is 10.1 Å². The average molecular weight is 523 g/mol. The Morgan fingerprint density at radius 2 is 1.86 bits per heavy atom. The highest BCUT2D eigenvalue weighted by molar-refractivity contribution is 8.26. The molecule has 2 amide bonds. The number of amides is 2. The van der Waals surface area contributed by atoms with E-state index in [1.54, 1.807) is 29.2 Å². The topological polar surface area (TPSA) is 58.6 Å². The van der Waals surface area contributed by atoms with Gasteiger partial charge in [-0.1, -0.05) is 90.2 Å². The Balaban J connectivity index is 1.46. The largest absolute Gasteiger partial charge is 0.483 e. The molecule has 0 aliphatic carbocycles. The number of thioether (sulfide) groups is 1. The van der Waals surface area contributed by atoms with Crippen molar-refractivity contribution in [2.75, 3.05) is 11.9 Å². The highest BCUT2D eigenvalue weighted by Gasteiger charge is 2.36. The number of anilines is 1. The Morgan fingerprint density at radius 1 is 1.14 bits per heavy atom. The van der Waals surface area contributed by atoms with E-state index in [9.17, 15) is 9.59 Å². The third-order valence-electron chi connectivity index (χ3n) is 5.51. The Kier molecular flexibility index (Phi) is 7.90.